The van der Waals surface area contributed by atoms with Gasteiger partial charge >= 0.3 is 0 Å². The van der Waals surface area contributed by atoms with Crippen LogP contribution in [0.4, 0.5) is 10.1 Å². The van der Waals surface area contributed by atoms with Gasteiger partial charge in [0, 0.05) is 16.8 Å². The van der Waals surface area contributed by atoms with Crippen LogP contribution in [0.5, 0.6) is 0 Å². The lowest BCUT2D eigenvalue weighted by Gasteiger charge is -2.10. The van der Waals surface area contributed by atoms with Crippen LogP contribution in [0.25, 0.3) is 0 Å². The van der Waals surface area contributed by atoms with Crippen LogP contribution < -0.4 is 5.32 Å². The van der Waals surface area contributed by atoms with Crippen molar-refractivity contribution in [3.63, 3.8) is 0 Å². The van der Waals surface area contributed by atoms with E-state index >= 15 is 0 Å². The Bertz CT molecular complexity index is 709. The topological polar surface area (TPSA) is 24.4 Å². The zero-order valence-corrected chi connectivity index (χ0v) is 11.7. The van der Waals surface area contributed by atoms with E-state index < -0.39 is 0 Å². The molecule has 4 heteroatoms. The van der Waals surface area contributed by atoms with Crippen molar-refractivity contribution in [2.24, 2.45) is 4.99 Å². The van der Waals surface area contributed by atoms with Gasteiger partial charge in [0.2, 0.25) is 0 Å². The molecule has 0 fully saturated rings. The first kappa shape index (κ1) is 12.9. The fraction of sp³-hybridized carbons (Fsp3) is 0.125. The maximum atomic E-state index is 14.1. The van der Waals surface area contributed by atoms with E-state index in [9.17, 15) is 4.39 Å². The number of nitrogens with one attached hydrogen (secondary N) is 1. The second-order valence-corrected chi connectivity index (χ2v) is 5.11. The molecular formula is C16H13FN2S. The predicted octanol–water partition coefficient (Wildman–Crippen LogP) is 3.80. The smallest absolute Gasteiger partial charge is 0.132 e. The van der Waals surface area contributed by atoms with Crippen LogP contribution in [0, 0.1) is 5.82 Å². The molecule has 1 aliphatic rings. The number of halogens is 1. The minimum Gasteiger partial charge on any atom is -0.348 e. The van der Waals surface area contributed by atoms with Crippen molar-refractivity contribution in [2.75, 3.05) is 5.32 Å². The van der Waals surface area contributed by atoms with Crippen LogP contribution in [0.3, 0.4) is 0 Å². The summed E-state index contributed by atoms with van der Waals surface area (Å²) in [6.07, 6.45) is 0. The molecule has 0 spiro atoms. The maximum absolute atomic E-state index is 14.1. The number of nitrogens with zero attached hydrogens (tertiary/aromatic N) is 1. The van der Waals surface area contributed by atoms with Crippen LogP contribution in [-0.2, 0) is 0 Å². The summed E-state index contributed by atoms with van der Waals surface area (Å²) in [5.74, 6) is -0.277. The Hall–Kier alpha value is -2.07. The van der Waals surface area contributed by atoms with Gasteiger partial charge in [-0.3, -0.25) is 4.99 Å². The van der Waals surface area contributed by atoms with Gasteiger partial charge in [0.05, 0.1) is 11.8 Å². The minimum absolute atomic E-state index is 0.188. The van der Waals surface area contributed by atoms with Crippen molar-refractivity contribution >= 4 is 28.6 Å². The van der Waals surface area contributed by atoms with E-state index in [1.807, 2.05) is 37.3 Å². The summed E-state index contributed by atoms with van der Waals surface area (Å²) in [6.45, 7) is 1.90. The molecule has 1 heterocycles. The molecule has 0 radical (unpaired) electrons. The molecule has 2 aromatic carbocycles. The van der Waals surface area contributed by atoms with Gasteiger partial charge in [-0.15, -0.1) is 0 Å². The Kier molecular flexibility index (Phi) is 3.32. The van der Waals surface area contributed by atoms with Crippen molar-refractivity contribution in [2.45, 2.75) is 13.0 Å². The molecule has 1 unspecified atom stereocenters. The molecule has 1 aliphatic heterocycles. The lowest BCUT2D eigenvalue weighted by Crippen LogP contribution is -2.20. The number of aliphatic imine (C=N–C) groups is 1. The number of thiocarbonyl (C=S) groups is 1. The van der Waals surface area contributed by atoms with Crippen LogP contribution in [0.2, 0.25) is 0 Å². The third kappa shape index (κ3) is 2.23. The summed E-state index contributed by atoms with van der Waals surface area (Å²) >= 11 is 5.31. The SMILES string of the molecule is CC1N=C(c2ccccc2F)c2ccccc2NC1=S. The average Bonchev–Trinajstić information content (AvgIpc) is 2.57. The van der Waals surface area contributed by atoms with E-state index in [0.29, 0.717) is 16.3 Å². The Balaban J connectivity index is 2.25. The number of benzodiazepines with no additional fused rings is 1. The number of fused-ring (bicyclic) bond motifs is 1. The van der Waals surface area contributed by atoms with Crippen molar-refractivity contribution in [1.82, 2.24) is 0 Å². The number of hydrogen-bond acceptors (Lipinski definition) is 2. The molecule has 0 saturated carbocycles. The van der Waals surface area contributed by atoms with Crippen molar-refractivity contribution in [3.05, 3.63) is 65.5 Å². The van der Waals surface area contributed by atoms with E-state index in [1.54, 1.807) is 12.1 Å². The molecule has 1 atom stereocenters. The summed E-state index contributed by atoms with van der Waals surface area (Å²) in [4.78, 5) is 5.24. The maximum Gasteiger partial charge on any atom is 0.132 e. The number of benzene rings is 2. The summed E-state index contributed by atoms with van der Waals surface area (Å²) in [7, 11) is 0. The monoisotopic (exact) mass is 284 g/mol. The van der Waals surface area contributed by atoms with Gasteiger partial charge in [-0.25, -0.2) is 4.39 Å². The van der Waals surface area contributed by atoms with E-state index in [0.717, 1.165) is 11.3 Å². The quantitative estimate of drug-likeness (QED) is 0.805. The standard InChI is InChI=1S/C16H13FN2S/c1-10-16(20)19-14-9-5-3-7-12(14)15(18-10)11-6-2-4-8-13(11)17/h2-10H,1H3,(H,19,20). The minimum atomic E-state index is -0.277. The van der Waals surface area contributed by atoms with Gasteiger partial charge in [0.25, 0.3) is 0 Å². The molecule has 0 aliphatic carbocycles. The zero-order chi connectivity index (χ0) is 14.1. The first-order chi connectivity index (χ1) is 9.66. The number of para-hydroxylation sites is 1. The van der Waals surface area contributed by atoms with Crippen molar-refractivity contribution in [3.8, 4) is 0 Å². The van der Waals surface area contributed by atoms with Crippen LogP contribution in [0.1, 0.15) is 18.1 Å². The average molecular weight is 284 g/mol. The molecule has 0 amide bonds. The molecule has 0 aromatic heterocycles. The lowest BCUT2D eigenvalue weighted by molar-refractivity contribution is 0.625. The third-order valence-corrected chi connectivity index (χ3v) is 3.71. The third-order valence-electron chi connectivity index (χ3n) is 3.27. The highest BCUT2D eigenvalue weighted by atomic mass is 32.1. The fourth-order valence-electron chi connectivity index (χ4n) is 2.23. The Morgan fingerprint density at radius 2 is 1.70 bits per heavy atom. The van der Waals surface area contributed by atoms with E-state index in [-0.39, 0.29) is 11.9 Å². The number of rotatable bonds is 1. The first-order valence-electron chi connectivity index (χ1n) is 6.40. The van der Waals surface area contributed by atoms with Gasteiger partial charge < -0.3 is 5.32 Å². The molecule has 2 nitrogen and oxygen atoms in total. The van der Waals surface area contributed by atoms with Gasteiger partial charge in [0.15, 0.2) is 0 Å². The normalized spacial score (nSPS) is 17.8. The second-order valence-electron chi connectivity index (χ2n) is 4.67. The highest BCUT2D eigenvalue weighted by Gasteiger charge is 2.21. The zero-order valence-electron chi connectivity index (χ0n) is 10.9. The second kappa shape index (κ2) is 5.13. The van der Waals surface area contributed by atoms with E-state index in [2.05, 4.69) is 10.3 Å². The van der Waals surface area contributed by atoms with Crippen molar-refractivity contribution < 1.29 is 4.39 Å². The Morgan fingerprint density at radius 3 is 2.45 bits per heavy atom. The van der Waals surface area contributed by atoms with Crippen LogP contribution >= 0.6 is 12.2 Å². The first-order valence-corrected chi connectivity index (χ1v) is 6.80. The summed E-state index contributed by atoms with van der Waals surface area (Å²) in [5, 5.41) is 3.19. The number of anilines is 1. The summed E-state index contributed by atoms with van der Waals surface area (Å²) < 4.78 is 14.1. The van der Waals surface area contributed by atoms with Gasteiger partial charge in [0.1, 0.15) is 10.8 Å². The van der Waals surface area contributed by atoms with Crippen LogP contribution in [0.15, 0.2) is 53.5 Å². The van der Waals surface area contributed by atoms with Gasteiger partial charge in [-0.2, -0.15) is 0 Å². The van der Waals surface area contributed by atoms with Gasteiger partial charge in [-0.1, -0.05) is 42.5 Å². The molecule has 0 bridgehead atoms. The highest BCUT2D eigenvalue weighted by molar-refractivity contribution is 7.80. The molecule has 20 heavy (non-hydrogen) atoms. The van der Waals surface area contributed by atoms with Gasteiger partial charge in [-0.05, 0) is 25.1 Å². The van der Waals surface area contributed by atoms with E-state index in [4.69, 9.17) is 12.2 Å². The van der Waals surface area contributed by atoms with Crippen molar-refractivity contribution in [1.29, 1.82) is 0 Å². The molecule has 1 N–H and O–H groups in total. The summed E-state index contributed by atoms with van der Waals surface area (Å²) in [5.41, 5.74) is 2.87. The Morgan fingerprint density at radius 1 is 1.05 bits per heavy atom. The molecule has 3 rings (SSSR count). The largest absolute Gasteiger partial charge is 0.348 e. The number of hydrogen-bond donors (Lipinski definition) is 1. The Labute approximate surface area is 122 Å². The highest BCUT2D eigenvalue weighted by Crippen LogP contribution is 2.25. The molecule has 100 valence electrons. The lowest BCUT2D eigenvalue weighted by atomic mass is 10.00. The molecule has 0 saturated heterocycles. The predicted molar refractivity (Wildman–Crippen MR) is 84.2 cm³/mol. The fourth-order valence-corrected chi connectivity index (χ4v) is 2.39. The van der Waals surface area contributed by atoms with Crippen LogP contribution in [-0.4, -0.2) is 16.7 Å². The summed E-state index contributed by atoms with van der Waals surface area (Å²) in [6, 6.07) is 14.2. The molecular weight excluding hydrogens is 271 g/mol. The van der Waals surface area contributed by atoms with E-state index in [1.165, 1.54) is 6.07 Å². The molecule has 2 aromatic rings.